The molecule has 0 radical (unpaired) electrons. The van der Waals surface area contributed by atoms with Gasteiger partial charge in [0.2, 0.25) is 0 Å². The maximum atomic E-state index is 5.82. The maximum Gasteiger partial charge on any atom is 0.0717 e. The van der Waals surface area contributed by atoms with Crippen molar-refractivity contribution in [1.82, 2.24) is 5.32 Å². The zero-order chi connectivity index (χ0) is 11.9. The molecule has 0 amide bonds. The molecule has 2 heteroatoms. The van der Waals surface area contributed by atoms with E-state index in [1.165, 1.54) is 24.8 Å². The Balaban J connectivity index is 1.68. The van der Waals surface area contributed by atoms with E-state index in [1.54, 1.807) is 0 Å². The van der Waals surface area contributed by atoms with Crippen LogP contribution >= 0.6 is 0 Å². The van der Waals surface area contributed by atoms with E-state index >= 15 is 0 Å². The summed E-state index contributed by atoms with van der Waals surface area (Å²) in [7, 11) is 0. The summed E-state index contributed by atoms with van der Waals surface area (Å²) in [5.74, 6) is 0.859. The highest BCUT2D eigenvalue weighted by molar-refractivity contribution is 5.13. The van der Waals surface area contributed by atoms with Crippen molar-refractivity contribution >= 4 is 0 Å². The zero-order valence-corrected chi connectivity index (χ0v) is 10.7. The summed E-state index contributed by atoms with van der Waals surface area (Å²) in [5, 5.41) is 3.59. The van der Waals surface area contributed by atoms with Crippen LogP contribution in [0.3, 0.4) is 0 Å². The van der Waals surface area contributed by atoms with Crippen LogP contribution in [0.15, 0.2) is 30.3 Å². The fourth-order valence-electron chi connectivity index (χ4n) is 2.07. The molecule has 0 bridgehead atoms. The third kappa shape index (κ3) is 4.49. The van der Waals surface area contributed by atoms with E-state index < -0.39 is 0 Å². The van der Waals surface area contributed by atoms with Gasteiger partial charge in [-0.2, -0.15) is 0 Å². The summed E-state index contributed by atoms with van der Waals surface area (Å²) in [6.07, 6.45) is 3.94. The fraction of sp³-hybridized carbons (Fsp3) is 0.600. The van der Waals surface area contributed by atoms with Gasteiger partial charge in [-0.3, -0.25) is 0 Å². The van der Waals surface area contributed by atoms with Crippen molar-refractivity contribution in [3.05, 3.63) is 35.9 Å². The maximum absolute atomic E-state index is 5.82. The van der Waals surface area contributed by atoms with E-state index in [9.17, 15) is 0 Å². The third-order valence-electron chi connectivity index (χ3n) is 3.26. The van der Waals surface area contributed by atoms with Crippen LogP contribution in [0.2, 0.25) is 0 Å². The van der Waals surface area contributed by atoms with Gasteiger partial charge in [0.15, 0.2) is 0 Å². The van der Waals surface area contributed by atoms with Crippen LogP contribution in [0, 0.1) is 5.92 Å². The van der Waals surface area contributed by atoms with Gasteiger partial charge in [0.25, 0.3) is 0 Å². The van der Waals surface area contributed by atoms with Gasteiger partial charge in [-0.15, -0.1) is 0 Å². The smallest absolute Gasteiger partial charge is 0.0717 e. The van der Waals surface area contributed by atoms with Gasteiger partial charge in [0, 0.05) is 6.04 Å². The number of ether oxygens (including phenoxy) is 1. The van der Waals surface area contributed by atoms with Gasteiger partial charge < -0.3 is 10.1 Å². The number of benzene rings is 1. The molecule has 0 spiro atoms. The molecule has 1 N–H and O–H groups in total. The van der Waals surface area contributed by atoms with E-state index in [2.05, 4.69) is 36.5 Å². The van der Waals surface area contributed by atoms with Gasteiger partial charge in [0.1, 0.15) is 0 Å². The Kier molecular flexibility index (Phi) is 5.02. The zero-order valence-electron chi connectivity index (χ0n) is 10.7. The van der Waals surface area contributed by atoms with Gasteiger partial charge in [-0.05, 0) is 37.3 Å². The molecule has 1 aromatic rings. The molecular weight excluding hydrogens is 210 g/mol. The van der Waals surface area contributed by atoms with Crippen LogP contribution in [-0.4, -0.2) is 19.2 Å². The number of hydrogen-bond donors (Lipinski definition) is 1. The van der Waals surface area contributed by atoms with E-state index in [0.717, 1.165) is 25.7 Å². The molecule has 2 rings (SSSR count). The Labute approximate surface area is 104 Å². The van der Waals surface area contributed by atoms with E-state index in [4.69, 9.17) is 4.74 Å². The van der Waals surface area contributed by atoms with Crippen molar-refractivity contribution < 1.29 is 4.74 Å². The fourth-order valence-corrected chi connectivity index (χ4v) is 2.07. The molecule has 1 aromatic carbocycles. The molecule has 1 unspecified atom stereocenters. The van der Waals surface area contributed by atoms with E-state index in [-0.39, 0.29) is 0 Å². The predicted molar refractivity (Wildman–Crippen MR) is 70.9 cm³/mol. The molecule has 1 aliphatic rings. The monoisotopic (exact) mass is 233 g/mol. The predicted octanol–water partition coefficient (Wildman–Crippen LogP) is 2.98. The first-order chi connectivity index (χ1) is 8.40. The molecule has 1 fully saturated rings. The van der Waals surface area contributed by atoms with Crippen molar-refractivity contribution in [2.24, 2.45) is 5.92 Å². The van der Waals surface area contributed by atoms with Crippen LogP contribution in [-0.2, 0) is 11.3 Å². The van der Waals surface area contributed by atoms with Crippen molar-refractivity contribution in [3.63, 3.8) is 0 Å². The van der Waals surface area contributed by atoms with Crippen LogP contribution in [0.4, 0.5) is 0 Å². The van der Waals surface area contributed by atoms with Crippen molar-refractivity contribution in [1.29, 1.82) is 0 Å². The standard InChI is InChI=1S/C15H23NO/c1-2-10-16-15(14-8-9-14)12-17-11-13-6-4-3-5-7-13/h3-7,14-16H,2,8-12H2,1H3. The Bertz CT molecular complexity index is 308. The Morgan fingerprint density at radius 2 is 2.06 bits per heavy atom. The first kappa shape index (κ1) is 12.6. The Morgan fingerprint density at radius 1 is 1.29 bits per heavy atom. The minimum absolute atomic E-state index is 0.568. The second-order valence-electron chi connectivity index (χ2n) is 4.90. The molecule has 17 heavy (non-hydrogen) atoms. The number of nitrogens with one attached hydrogen (secondary N) is 1. The lowest BCUT2D eigenvalue weighted by molar-refractivity contribution is 0.0929. The Hall–Kier alpha value is -0.860. The molecule has 1 saturated carbocycles. The van der Waals surface area contributed by atoms with Crippen LogP contribution in [0.1, 0.15) is 31.7 Å². The second kappa shape index (κ2) is 6.77. The highest BCUT2D eigenvalue weighted by Crippen LogP contribution is 2.32. The SMILES string of the molecule is CCCNC(COCc1ccccc1)C1CC1. The summed E-state index contributed by atoms with van der Waals surface area (Å²) in [6.45, 7) is 4.90. The van der Waals surface area contributed by atoms with Gasteiger partial charge in [-0.25, -0.2) is 0 Å². The van der Waals surface area contributed by atoms with Crippen LogP contribution in [0.5, 0.6) is 0 Å². The lowest BCUT2D eigenvalue weighted by Gasteiger charge is -2.18. The van der Waals surface area contributed by atoms with E-state index in [1.807, 2.05) is 6.07 Å². The minimum atomic E-state index is 0.568. The molecule has 94 valence electrons. The molecule has 0 aromatic heterocycles. The molecule has 0 aliphatic heterocycles. The summed E-state index contributed by atoms with van der Waals surface area (Å²) in [5.41, 5.74) is 1.26. The highest BCUT2D eigenvalue weighted by atomic mass is 16.5. The molecular formula is C15H23NO. The normalized spacial score (nSPS) is 17.0. The van der Waals surface area contributed by atoms with E-state index in [0.29, 0.717) is 6.04 Å². The van der Waals surface area contributed by atoms with Gasteiger partial charge in [-0.1, -0.05) is 37.3 Å². The summed E-state index contributed by atoms with van der Waals surface area (Å²) < 4.78 is 5.82. The van der Waals surface area contributed by atoms with Crippen LogP contribution < -0.4 is 5.32 Å². The average molecular weight is 233 g/mol. The minimum Gasteiger partial charge on any atom is -0.375 e. The molecule has 0 heterocycles. The lowest BCUT2D eigenvalue weighted by atomic mass is 10.2. The largest absolute Gasteiger partial charge is 0.375 e. The topological polar surface area (TPSA) is 21.3 Å². The first-order valence-electron chi connectivity index (χ1n) is 6.75. The second-order valence-corrected chi connectivity index (χ2v) is 4.90. The van der Waals surface area contributed by atoms with Gasteiger partial charge in [0.05, 0.1) is 13.2 Å². The highest BCUT2D eigenvalue weighted by Gasteiger charge is 2.30. The summed E-state index contributed by atoms with van der Waals surface area (Å²) in [6, 6.07) is 11.0. The van der Waals surface area contributed by atoms with Crippen molar-refractivity contribution in [2.75, 3.05) is 13.2 Å². The lowest BCUT2D eigenvalue weighted by Crippen LogP contribution is -2.35. The van der Waals surface area contributed by atoms with Crippen molar-refractivity contribution in [3.8, 4) is 0 Å². The Morgan fingerprint density at radius 3 is 2.71 bits per heavy atom. The number of hydrogen-bond acceptors (Lipinski definition) is 2. The molecule has 2 nitrogen and oxygen atoms in total. The first-order valence-corrected chi connectivity index (χ1v) is 6.75. The third-order valence-corrected chi connectivity index (χ3v) is 3.26. The summed E-state index contributed by atoms with van der Waals surface area (Å²) in [4.78, 5) is 0. The average Bonchev–Trinajstić information content (AvgIpc) is 3.19. The van der Waals surface area contributed by atoms with Gasteiger partial charge >= 0.3 is 0 Å². The molecule has 0 saturated heterocycles. The van der Waals surface area contributed by atoms with Crippen LogP contribution in [0.25, 0.3) is 0 Å². The number of rotatable bonds is 8. The molecule has 1 aliphatic carbocycles. The summed E-state index contributed by atoms with van der Waals surface area (Å²) >= 11 is 0. The van der Waals surface area contributed by atoms with Crippen molar-refractivity contribution in [2.45, 2.75) is 38.8 Å². The molecule has 1 atom stereocenters. The quantitative estimate of drug-likeness (QED) is 0.745.